The van der Waals surface area contributed by atoms with Crippen LogP contribution >= 0.6 is 0 Å². The predicted octanol–water partition coefficient (Wildman–Crippen LogP) is 4.04. The third-order valence-electron chi connectivity index (χ3n) is 5.13. The predicted molar refractivity (Wildman–Crippen MR) is 122 cm³/mol. The first kappa shape index (κ1) is 22.6. The zero-order chi connectivity index (χ0) is 22.6. The second-order valence-corrected chi connectivity index (χ2v) is 8.59. The molecule has 0 bridgehead atoms. The maximum Gasteiger partial charge on any atom is 0.410 e. The van der Waals surface area contributed by atoms with E-state index >= 15 is 0 Å². The van der Waals surface area contributed by atoms with E-state index in [-0.39, 0.29) is 6.09 Å². The van der Waals surface area contributed by atoms with Gasteiger partial charge in [0, 0.05) is 37.6 Å². The van der Waals surface area contributed by atoms with Crippen molar-refractivity contribution in [1.82, 2.24) is 9.88 Å². The number of nitrogens with zero attached hydrogens (tertiary/aromatic N) is 3. The van der Waals surface area contributed by atoms with Gasteiger partial charge in [0.25, 0.3) is 0 Å². The fourth-order valence-electron chi connectivity index (χ4n) is 3.51. The molecule has 1 aliphatic rings. The summed E-state index contributed by atoms with van der Waals surface area (Å²) in [5.74, 6) is -0.415. The van der Waals surface area contributed by atoms with Crippen molar-refractivity contribution in [2.45, 2.75) is 39.7 Å². The number of methoxy groups -OCH3 is 1. The van der Waals surface area contributed by atoms with Crippen LogP contribution in [0.1, 0.15) is 39.0 Å². The van der Waals surface area contributed by atoms with Gasteiger partial charge in [-0.3, -0.25) is 0 Å². The zero-order valence-electron chi connectivity index (χ0n) is 19.0. The maximum absolute atomic E-state index is 12.4. The van der Waals surface area contributed by atoms with E-state index in [2.05, 4.69) is 28.7 Å². The highest BCUT2D eigenvalue weighted by atomic mass is 16.6. The molecule has 1 aromatic heterocycles. The first-order chi connectivity index (χ1) is 14.7. The number of hydrogen-bond acceptors (Lipinski definition) is 6. The zero-order valence-corrected chi connectivity index (χ0v) is 19.0. The lowest BCUT2D eigenvalue weighted by molar-refractivity contribution is -0.134. The molecule has 2 heterocycles. The molecule has 0 atom stereocenters. The van der Waals surface area contributed by atoms with Crippen LogP contribution in [0.15, 0.2) is 30.3 Å². The van der Waals surface area contributed by atoms with Gasteiger partial charge in [-0.2, -0.15) is 0 Å². The number of esters is 1. The lowest BCUT2D eigenvalue weighted by Crippen LogP contribution is -2.50. The molecule has 0 aliphatic carbocycles. The number of carbonyl (C=O) groups excluding carboxylic acids is 2. The van der Waals surface area contributed by atoms with Crippen LogP contribution in [0, 0.1) is 0 Å². The third-order valence-corrected chi connectivity index (χ3v) is 5.13. The van der Waals surface area contributed by atoms with Crippen LogP contribution in [0.25, 0.3) is 17.0 Å². The Morgan fingerprint density at radius 1 is 1.13 bits per heavy atom. The Labute approximate surface area is 183 Å². The highest BCUT2D eigenvalue weighted by Crippen LogP contribution is 2.29. The quantitative estimate of drug-likeness (QED) is 0.544. The molecule has 1 aliphatic heterocycles. The number of fused-ring (bicyclic) bond motifs is 1. The molecular formula is C24H31N3O4. The van der Waals surface area contributed by atoms with Crippen LogP contribution < -0.4 is 4.90 Å². The summed E-state index contributed by atoms with van der Waals surface area (Å²) in [5.41, 5.74) is 3.35. The molecule has 1 saturated heterocycles. The molecule has 7 nitrogen and oxygen atoms in total. The lowest BCUT2D eigenvalue weighted by Gasteiger charge is -2.37. The Balaban J connectivity index is 1.86. The van der Waals surface area contributed by atoms with Crippen molar-refractivity contribution < 1.29 is 19.1 Å². The highest BCUT2D eigenvalue weighted by Gasteiger charge is 2.26. The Morgan fingerprint density at radius 2 is 1.84 bits per heavy atom. The minimum Gasteiger partial charge on any atom is -0.466 e. The summed E-state index contributed by atoms with van der Waals surface area (Å²) in [6, 6.07) is 8.24. The molecule has 0 spiro atoms. The summed E-state index contributed by atoms with van der Waals surface area (Å²) >= 11 is 0. The number of aromatic nitrogens is 1. The number of ether oxygens (including phenoxy) is 2. The normalized spacial score (nSPS) is 14.9. The molecule has 166 valence electrons. The Morgan fingerprint density at radius 3 is 2.45 bits per heavy atom. The maximum atomic E-state index is 12.4. The first-order valence-corrected chi connectivity index (χ1v) is 10.6. The van der Waals surface area contributed by atoms with Gasteiger partial charge in [-0.15, -0.1) is 0 Å². The number of hydrogen-bond donors (Lipinski definition) is 0. The van der Waals surface area contributed by atoms with Gasteiger partial charge >= 0.3 is 12.1 Å². The fourth-order valence-corrected chi connectivity index (χ4v) is 3.51. The topological polar surface area (TPSA) is 72.0 Å². The molecule has 0 unspecified atom stereocenters. The summed E-state index contributed by atoms with van der Waals surface area (Å²) in [6.07, 6.45) is 3.68. The smallest absolute Gasteiger partial charge is 0.410 e. The standard InChI is InChI=1S/C24H31N3O4/c1-6-17-15-18-7-8-19(9-10-21(28)30-5)25-22(18)20(16-17)26-11-13-27(14-12-26)23(29)31-24(2,3)4/h7-10,15-16H,6,11-14H2,1-5H3. The van der Waals surface area contributed by atoms with Crippen molar-refractivity contribution in [3.63, 3.8) is 0 Å². The number of rotatable bonds is 4. The van der Waals surface area contributed by atoms with Crippen LogP contribution in [0.4, 0.5) is 10.5 Å². The van der Waals surface area contributed by atoms with Crippen molar-refractivity contribution in [3.05, 3.63) is 41.6 Å². The summed E-state index contributed by atoms with van der Waals surface area (Å²) in [7, 11) is 1.35. The van der Waals surface area contributed by atoms with Crippen LogP contribution in [0.5, 0.6) is 0 Å². The summed E-state index contributed by atoms with van der Waals surface area (Å²) in [4.78, 5) is 32.6. The minimum atomic E-state index is -0.502. The van der Waals surface area contributed by atoms with E-state index in [1.165, 1.54) is 18.7 Å². The van der Waals surface area contributed by atoms with Gasteiger partial charge in [0.05, 0.1) is 24.0 Å². The molecule has 1 amide bonds. The molecule has 31 heavy (non-hydrogen) atoms. The van der Waals surface area contributed by atoms with E-state index < -0.39 is 11.6 Å². The third kappa shape index (κ3) is 5.75. The van der Waals surface area contributed by atoms with Crippen molar-refractivity contribution >= 4 is 34.7 Å². The number of pyridine rings is 1. The largest absolute Gasteiger partial charge is 0.466 e. The van der Waals surface area contributed by atoms with Crippen molar-refractivity contribution in [2.24, 2.45) is 0 Å². The van der Waals surface area contributed by atoms with Gasteiger partial charge in [-0.1, -0.05) is 13.0 Å². The molecule has 7 heteroatoms. The number of aryl methyl sites for hydroxylation is 1. The summed E-state index contributed by atoms with van der Waals surface area (Å²) < 4.78 is 10.2. The molecule has 2 aromatic rings. The first-order valence-electron chi connectivity index (χ1n) is 10.6. The van der Waals surface area contributed by atoms with Crippen LogP contribution in [-0.2, 0) is 20.7 Å². The molecule has 3 rings (SSSR count). The Kier molecular flexibility index (Phi) is 6.83. The van der Waals surface area contributed by atoms with Crippen molar-refractivity contribution in [3.8, 4) is 0 Å². The van der Waals surface area contributed by atoms with E-state index in [1.807, 2.05) is 32.9 Å². The van der Waals surface area contributed by atoms with Gasteiger partial charge in [0.2, 0.25) is 0 Å². The molecule has 1 aromatic carbocycles. The van der Waals surface area contributed by atoms with E-state index in [0.717, 1.165) is 23.0 Å². The van der Waals surface area contributed by atoms with E-state index in [1.54, 1.807) is 11.0 Å². The van der Waals surface area contributed by atoms with Gasteiger partial charge in [0.1, 0.15) is 5.60 Å². The average molecular weight is 426 g/mol. The summed E-state index contributed by atoms with van der Waals surface area (Å²) in [5, 5.41) is 1.05. The summed E-state index contributed by atoms with van der Waals surface area (Å²) in [6.45, 7) is 10.3. The molecule has 0 saturated carbocycles. The number of benzene rings is 1. The van der Waals surface area contributed by atoms with Gasteiger partial charge in [-0.25, -0.2) is 14.6 Å². The Bertz CT molecular complexity index is 986. The lowest BCUT2D eigenvalue weighted by atomic mass is 10.0. The number of carbonyl (C=O) groups is 2. The van der Waals surface area contributed by atoms with E-state index in [0.29, 0.717) is 31.9 Å². The van der Waals surface area contributed by atoms with Crippen LogP contribution in [0.3, 0.4) is 0 Å². The SMILES string of the molecule is CCc1cc(N2CCN(C(=O)OC(C)(C)C)CC2)c2nc(C=CC(=O)OC)ccc2c1. The molecule has 1 fully saturated rings. The second kappa shape index (κ2) is 9.37. The second-order valence-electron chi connectivity index (χ2n) is 8.59. The highest BCUT2D eigenvalue weighted by molar-refractivity contribution is 5.93. The van der Waals surface area contributed by atoms with Crippen molar-refractivity contribution in [1.29, 1.82) is 0 Å². The fraction of sp³-hybridized carbons (Fsp3) is 0.458. The van der Waals surface area contributed by atoms with Gasteiger partial charge in [-0.05, 0) is 57.0 Å². The number of piperazine rings is 1. The molecule has 0 N–H and O–H groups in total. The number of anilines is 1. The average Bonchev–Trinajstić information content (AvgIpc) is 2.75. The van der Waals surface area contributed by atoms with Gasteiger partial charge < -0.3 is 19.3 Å². The van der Waals surface area contributed by atoms with Crippen LogP contribution in [-0.4, -0.2) is 60.8 Å². The Hall–Kier alpha value is -3.09. The van der Waals surface area contributed by atoms with Crippen LogP contribution in [0.2, 0.25) is 0 Å². The molecular weight excluding hydrogens is 394 g/mol. The number of amides is 1. The minimum absolute atomic E-state index is 0.271. The van der Waals surface area contributed by atoms with E-state index in [9.17, 15) is 9.59 Å². The van der Waals surface area contributed by atoms with E-state index in [4.69, 9.17) is 9.72 Å². The van der Waals surface area contributed by atoms with Gasteiger partial charge in [0.15, 0.2) is 0 Å². The monoisotopic (exact) mass is 425 g/mol. The van der Waals surface area contributed by atoms with Crippen molar-refractivity contribution in [2.75, 3.05) is 38.2 Å². The molecule has 0 radical (unpaired) electrons.